The molecule has 1 rings (SSSR count). The van der Waals surface area contributed by atoms with Gasteiger partial charge < -0.3 is 9.84 Å². The monoisotopic (exact) mass is 181 g/mol. The lowest BCUT2D eigenvalue weighted by atomic mass is 10.1. The van der Waals surface area contributed by atoms with Gasteiger partial charge in [-0.05, 0) is 19.8 Å². The molecule has 1 unspecified atom stereocenters. The Morgan fingerprint density at radius 3 is 2.82 bits per heavy atom. The number of rotatable bonds is 3. The van der Waals surface area contributed by atoms with Crippen LogP contribution in [0.5, 0.6) is 0 Å². The molecule has 0 aromatic rings. The molecular weight excluding hydrogens is 166 g/mol. The third kappa shape index (κ3) is 3.38. The van der Waals surface area contributed by atoms with Gasteiger partial charge in [-0.1, -0.05) is 0 Å². The van der Waals surface area contributed by atoms with E-state index in [2.05, 4.69) is 5.32 Å². The van der Waals surface area contributed by atoms with Crippen molar-refractivity contribution in [2.45, 2.75) is 25.5 Å². The number of halogens is 1. The zero-order chi connectivity index (χ0) is 7.45. The van der Waals surface area contributed by atoms with Gasteiger partial charge in [0.2, 0.25) is 0 Å². The van der Waals surface area contributed by atoms with Crippen molar-refractivity contribution >= 4 is 12.4 Å². The zero-order valence-corrected chi connectivity index (χ0v) is 7.62. The molecule has 1 saturated heterocycles. The normalized spacial score (nSPS) is 30.0. The summed E-state index contributed by atoms with van der Waals surface area (Å²) in [7, 11) is 0. The van der Waals surface area contributed by atoms with Gasteiger partial charge in [0, 0.05) is 13.2 Å². The highest BCUT2D eigenvalue weighted by molar-refractivity contribution is 5.85. The molecule has 68 valence electrons. The minimum Gasteiger partial charge on any atom is -0.396 e. The number of ether oxygens (including phenoxy) is 1. The van der Waals surface area contributed by atoms with Crippen molar-refractivity contribution in [3.8, 4) is 0 Å². The first-order chi connectivity index (χ1) is 4.77. The Bertz CT molecular complexity index is 105. The second-order valence-corrected chi connectivity index (χ2v) is 2.83. The van der Waals surface area contributed by atoms with E-state index in [1.165, 1.54) is 0 Å². The second-order valence-electron chi connectivity index (χ2n) is 2.83. The van der Waals surface area contributed by atoms with E-state index in [9.17, 15) is 0 Å². The Balaban J connectivity index is 0.000001000. The van der Waals surface area contributed by atoms with Crippen LogP contribution in [0.4, 0.5) is 0 Å². The summed E-state index contributed by atoms with van der Waals surface area (Å²) in [6.07, 6.45) is 1.70. The van der Waals surface area contributed by atoms with E-state index in [1.54, 1.807) is 0 Å². The molecule has 1 fully saturated rings. The van der Waals surface area contributed by atoms with Crippen molar-refractivity contribution in [2.24, 2.45) is 0 Å². The summed E-state index contributed by atoms with van der Waals surface area (Å²) >= 11 is 0. The number of aliphatic hydroxyl groups excluding tert-OH is 1. The summed E-state index contributed by atoms with van der Waals surface area (Å²) in [5.41, 5.74) is -0.164. The molecule has 1 atom stereocenters. The topological polar surface area (TPSA) is 41.5 Å². The van der Waals surface area contributed by atoms with Gasteiger partial charge in [-0.15, -0.1) is 12.4 Å². The molecule has 0 aliphatic carbocycles. The van der Waals surface area contributed by atoms with Crippen molar-refractivity contribution in [3.63, 3.8) is 0 Å². The van der Waals surface area contributed by atoms with Gasteiger partial charge in [-0.2, -0.15) is 0 Å². The van der Waals surface area contributed by atoms with E-state index in [0.29, 0.717) is 0 Å². The van der Waals surface area contributed by atoms with Gasteiger partial charge in [-0.3, -0.25) is 5.32 Å². The van der Waals surface area contributed by atoms with E-state index in [0.717, 1.165) is 26.0 Å². The molecule has 0 bridgehead atoms. The minimum atomic E-state index is -0.164. The smallest absolute Gasteiger partial charge is 0.116 e. The predicted molar refractivity (Wildman–Crippen MR) is 45.9 cm³/mol. The Morgan fingerprint density at radius 2 is 2.36 bits per heavy atom. The standard InChI is InChI=1S/C7H15NO2.ClH/c1-7(3-2-5-9)8-4-6-10-7;/h8-9H,2-6H2,1H3;1H. The predicted octanol–water partition coefficient (Wildman–Crippen LogP) is 0.517. The quantitative estimate of drug-likeness (QED) is 0.667. The highest BCUT2D eigenvalue weighted by Crippen LogP contribution is 2.17. The van der Waals surface area contributed by atoms with E-state index < -0.39 is 0 Å². The molecule has 11 heavy (non-hydrogen) atoms. The highest BCUT2D eigenvalue weighted by Gasteiger charge is 2.27. The average molecular weight is 182 g/mol. The summed E-state index contributed by atoms with van der Waals surface area (Å²) in [6.45, 7) is 4.00. The third-order valence-corrected chi connectivity index (χ3v) is 1.83. The van der Waals surface area contributed by atoms with Crippen LogP contribution in [0.15, 0.2) is 0 Å². The first-order valence-electron chi connectivity index (χ1n) is 3.77. The summed E-state index contributed by atoms with van der Waals surface area (Å²) in [5, 5.41) is 11.8. The fourth-order valence-electron chi connectivity index (χ4n) is 1.22. The number of hydrogen-bond donors (Lipinski definition) is 2. The summed E-state index contributed by atoms with van der Waals surface area (Å²) < 4.78 is 5.42. The van der Waals surface area contributed by atoms with Crippen LogP contribution in [0, 0.1) is 0 Å². The van der Waals surface area contributed by atoms with Crippen LogP contribution in [0.1, 0.15) is 19.8 Å². The van der Waals surface area contributed by atoms with Crippen LogP contribution in [-0.2, 0) is 4.74 Å². The molecule has 1 heterocycles. The third-order valence-electron chi connectivity index (χ3n) is 1.83. The van der Waals surface area contributed by atoms with Crippen molar-refractivity contribution in [1.29, 1.82) is 0 Å². The number of aliphatic hydroxyl groups is 1. The summed E-state index contributed by atoms with van der Waals surface area (Å²) in [4.78, 5) is 0. The van der Waals surface area contributed by atoms with Gasteiger partial charge in [0.1, 0.15) is 5.72 Å². The Morgan fingerprint density at radius 1 is 1.64 bits per heavy atom. The number of hydrogen-bond acceptors (Lipinski definition) is 3. The van der Waals surface area contributed by atoms with Gasteiger partial charge in [-0.25, -0.2) is 0 Å². The van der Waals surface area contributed by atoms with E-state index in [4.69, 9.17) is 9.84 Å². The lowest BCUT2D eigenvalue weighted by Crippen LogP contribution is -2.37. The van der Waals surface area contributed by atoms with E-state index in [1.807, 2.05) is 6.92 Å². The van der Waals surface area contributed by atoms with Crippen molar-refractivity contribution < 1.29 is 9.84 Å². The Hall–Kier alpha value is 0.170. The number of nitrogens with one attached hydrogen (secondary N) is 1. The molecule has 1 aliphatic rings. The van der Waals surface area contributed by atoms with Crippen molar-refractivity contribution in [2.75, 3.05) is 19.8 Å². The summed E-state index contributed by atoms with van der Waals surface area (Å²) in [5.74, 6) is 0. The largest absolute Gasteiger partial charge is 0.396 e. The van der Waals surface area contributed by atoms with Gasteiger partial charge in [0.15, 0.2) is 0 Å². The minimum absolute atomic E-state index is 0. The van der Waals surface area contributed by atoms with Crippen LogP contribution >= 0.6 is 12.4 Å². The molecule has 0 saturated carbocycles. The average Bonchev–Trinajstić information content (AvgIpc) is 2.33. The van der Waals surface area contributed by atoms with Gasteiger partial charge in [0.25, 0.3) is 0 Å². The molecule has 0 aromatic carbocycles. The van der Waals surface area contributed by atoms with Gasteiger partial charge in [0.05, 0.1) is 6.61 Å². The van der Waals surface area contributed by atoms with Gasteiger partial charge >= 0.3 is 0 Å². The lowest BCUT2D eigenvalue weighted by molar-refractivity contribution is -0.00511. The first kappa shape index (κ1) is 11.2. The molecule has 1 aliphatic heterocycles. The fourth-order valence-corrected chi connectivity index (χ4v) is 1.22. The maximum atomic E-state index is 8.56. The molecule has 0 aromatic heterocycles. The van der Waals surface area contributed by atoms with Crippen LogP contribution < -0.4 is 5.32 Å². The van der Waals surface area contributed by atoms with E-state index >= 15 is 0 Å². The SMILES string of the molecule is CC1(CCCO)NCCO1.Cl. The van der Waals surface area contributed by atoms with Crippen LogP contribution in [-0.4, -0.2) is 30.6 Å². The molecule has 0 radical (unpaired) electrons. The van der Waals surface area contributed by atoms with Crippen molar-refractivity contribution in [1.82, 2.24) is 5.32 Å². The lowest BCUT2D eigenvalue weighted by Gasteiger charge is -2.22. The maximum absolute atomic E-state index is 8.56. The first-order valence-corrected chi connectivity index (χ1v) is 3.77. The Labute approximate surface area is 73.5 Å². The molecule has 3 nitrogen and oxygen atoms in total. The molecule has 0 spiro atoms. The summed E-state index contributed by atoms with van der Waals surface area (Å²) in [6, 6.07) is 0. The van der Waals surface area contributed by atoms with Crippen LogP contribution in [0.2, 0.25) is 0 Å². The van der Waals surface area contributed by atoms with E-state index in [-0.39, 0.29) is 24.7 Å². The van der Waals surface area contributed by atoms with Crippen LogP contribution in [0.3, 0.4) is 0 Å². The zero-order valence-electron chi connectivity index (χ0n) is 6.80. The molecule has 0 amide bonds. The molecule has 4 heteroatoms. The molecular formula is C7H16ClNO2. The maximum Gasteiger partial charge on any atom is 0.116 e. The van der Waals surface area contributed by atoms with Crippen molar-refractivity contribution in [3.05, 3.63) is 0 Å². The van der Waals surface area contributed by atoms with Crippen LogP contribution in [0.25, 0.3) is 0 Å². The second kappa shape index (κ2) is 4.93. The fraction of sp³-hybridized carbons (Fsp3) is 1.00. The Kier molecular flexibility index (Phi) is 5.01. The molecule has 2 N–H and O–H groups in total. The highest BCUT2D eigenvalue weighted by atomic mass is 35.5.